The fourth-order valence-electron chi connectivity index (χ4n) is 8.86. The summed E-state index contributed by atoms with van der Waals surface area (Å²) >= 11 is 0. The van der Waals surface area contributed by atoms with E-state index in [9.17, 15) is 4.39 Å². The Morgan fingerprint density at radius 2 is 1.35 bits per heavy atom. The summed E-state index contributed by atoms with van der Waals surface area (Å²) in [6.45, 7) is 15.4. The fourth-order valence-corrected chi connectivity index (χ4v) is 8.86. The smallest absolute Gasteiger partial charge is 0.121 e. The van der Waals surface area contributed by atoms with Crippen molar-refractivity contribution < 1.29 is 28.9 Å². The molecule has 7 heteroatoms. The number of furan rings is 1. The van der Waals surface area contributed by atoms with Crippen LogP contribution in [-0.4, -0.2) is 19.5 Å². The fraction of sp³-hybridized carbons (Fsp3) is 0.169. The van der Waals surface area contributed by atoms with Crippen LogP contribution in [0.15, 0.2) is 162 Å². The maximum absolute atomic E-state index is 12.8. The van der Waals surface area contributed by atoms with Crippen LogP contribution in [-0.2, 0) is 25.5 Å². The quantitative estimate of drug-likeness (QED) is 0.123. The molecule has 5 nitrogen and oxygen atoms in total. The number of imidazole rings is 1. The number of halogens is 1. The molecule has 11 rings (SSSR count). The third-order valence-corrected chi connectivity index (χ3v) is 12.3. The molecule has 0 fully saturated rings. The molecular weight excluding hydrogens is 992 g/mol. The van der Waals surface area contributed by atoms with Gasteiger partial charge in [-0.05, 0) is 92.0 Å². The Bertz CT molecular complexity index is 3500. The Balaban J connectivity index is 0.000000257. The van der Waals surface area contributed by atoms with Gasteiger partial charge in [0.25, 0.3) is 0 Å². The zero-order chi connectivity index (χ0) is 45.0. The van der Waals surface area contributed by atoms with Crippen molar-refractivity contribution in [2.45, 2.75) is 65.7 Å². The van der Waals surface area contributed by atoms with E-state index in [4.69, 9.17) is 9.40 Å². The Morgan fingerprint density at radius 3 is 2.05 bits per heavy atom. The van der Waals surface area contributed by atoms with E-state index in [0.29, 0.717) is 5.69 Å². The molecule has 3 aromatic heterocycles. The van der Waals surface area contributed by atoms with Gasteiger partial charge >= 0.3 is 0 Å². The van der Waals surface area contributed by atoms with E-state index in [1.807, 2.05) is 6.07 Å². The van der Waals surface area contributed by atoms with Gasteiger partial charge in [0.15, 0.2) is 0 Å². The van der Waals surface area contributed by atoms with E-state index < -0.39 is 0 Å². The number of aromatic nitrogens is 4. The summed E-state index contributed by atoms with van der Waals surface area (Å²) in [6, 6.07) is 56.3. The molecule has 0 saturated carbocycles. The van der Waals surface area contributed by atoms with Crippen LogP contribution in [0.5, 0.6) is 0 Å². The van der Waals surface area contributed by atoms with Crippen LogP contribution in [0.3, 0.4) is 0 Å². The summed E-state index contributed by atoms with van der Waals surface area (Å²) in [4.78, 5) is 14.0. The van der Waals surface area contributed by atoms with Crippen molar-refractivity contribution in [3.8, 4) is 39.5 Å². The molecule has 0 aliphatic heterocycles. The largest absolute Gasteiger partial charge is 0.501 e. The van der Waals surface area contributed by atoms with Crippen molar-refractivity contribution in [3.05, 3.63) is 193 Å². The van der Waals surface area contributed by atoms with Crippen LogP contribution >= 0.6 is 0 Å². The second kappa shape index (κ2) is 17.9. The minimum absolute atomic E-state index is 0. The van der Waals surface area contributed by atoms with Gasteiger partial charge < -0.3 is 14.0 Å². The van der Waals surface area contributed by atoms with E-state index in [-0.39, 0.29) is 43.2 Å². The molecule has 0 aliphatic carbocycles. The molecule has 0 unspecified atom stereocenters. The van der Waals surface area contributed by atoms with E-state index >= 15 is 0 Å². The van der Waals surface area contributed by atoms with Crippen molar-refractivity contribution in [3.63, 3.8) is 0 Å². The molecule has 0 N–H and O–H groups in total. The first-order chi connectivity index (χ1) is 31.4. The Kier molecular flexibility index (Phi) is 12.0. The number of hydrogen-bond donors (Lipinski definition) is 0. The monoisotopic (exact) mass is 1040 g/mol. The second-order valence-corrected chi connectivity index (χ2v) is 18.4. The number of benzene rings is 8. The molecule has 0 atom stereocenters. The zero-order valence-corrected chi connectivity index (χ0v) is 40.5. The molecule has 66 heavy (non-hydrogen) atoms. The molecular formula is C59H49FIrN4O-2. The third-order valence-electron chi connectivity index (χ3n) is 12.3. The minimum Gasteiger partial charge on any atom is -0.501 e. The first-order valence-corrected chi connectivity index (χ1v) is 22.3. The van der Waals surface area contributed by atoms with Gasteiger partial charge in [0.05, 0.1) is 28.1 Å². The molecule has 11 aromatic rings. The zero-order valence-electron chi connectivity index (χ0n) is 38.1. The van der Waals surface area contributed by atoms with Gasteiger partial charge in [0.1, 0.15) is 5.58 Å². The number of nitrogens with zero attached hydrogens (tertiary/aromatic N) is 4. The minimum atomic E-state index is -0.298. The molecule has 0 saturated heterocycles. The summed E-state index contributed by atoms with van der Waals surface area (Å²) in [5, 5.41) is 7.02. The van der Waals surface area contributed by atoms with E-state index in [2.05, 4.69) is 196 Å². The Labute approximate surface area is 398 Å². The van der Waals surface area contributed by atoms with E-state index in [1.54, 1.807) is 18.5 Å². The molecule has 0 bridgehead atoms. The summed E-state index contributed by atoms with van der Waals surface area (Å²) in [5.74, 6) is 1.10. The van der Waals surface area contributed by atoms with Crippen LogP contribution in [0.4, 0.5) is 4.39 Å². The Hall–Kier alpha value is -6.79. The average Bonchev–Trinajstić information content (AvgIpc) is 3.89. The van der Waals surface area contributed by atoms with E-state index in [1.165, 1.54) is 61.6 Å². The molecule has 329 valence electrons. The molecule has 0 spiro atoms. The van der Waals surface area contributed by atoms with Gasteiger partial charge in [-0.25, -0.2) is 0 Å². The molecule has 8 aromatic carbocycles. The van der Waals surface area contributed by atoms with Gasteiger partial charge in [0.2, 0.25) is 0 Å². The van der Waals surface area contributed by atoms with Crippen LogP contribution < -0.4 is 0 Å². The van der Waals surface area contributed by atoms with Crippen LogP contribution in [0, 0.1) is 17.9 Å². The molecule has 1 radical (unpaired) electrons. The maximum atomic E-state index is 12.8. The number of para-hydroxylation sites is 2. The predicted molar refractivity (Wildman–Crippen MR) is 266 cm³/mol. The number of rotatable bonds is 6. The van der Waals surface area contributed by atoms with Gasteiger partial charge in [0, 0.05) is 60.5 Å². The van der Waals surface area contributed by atoms with Gasteiger partial charge in [-0.1, -0.05) is 138 Å². The van der Waals surface area contributed by atoms with Crippen molar-refractivity contribution in [1.82, 2.24) is 19.5 Å². The van der Waals surface area contributed by atoms with Gasteiger partial charge in [-0.2, -0.15) is 0 Å². The second-order valence-electron chi connectivity index (χ2n) is 18.4. The van der Waals surface area contributed by atoms with Gasteiger partial charge in [-0.3, -0.25) is 14.4 Å². The van der Waals surface area contributed by atoms with Crippen molar-refractivity contribution in [1.29, 1.82) is 0 Å². The number of hydrogen-bond acceptors (Lipinski definition) is 4. The summed E-state index contributed by atoms with van der Waals surface area (Å²) in [7, 11) is 0. The average molecular weight is 1040 g/mol. The van der Waals surface area contributed by atoms with Crippen molar-refractivity contribution >= 4 is 54.5 Å². The molecule has 0 amide bonds. The normalized spacial score (nSPS) is 11.8. The van der Waals surface area contributed by atoms with Crippen molar-refractivity contribution in [2.75, 3.05) is 0 Å². The van der Waals surface area contributed by atoms with Crippen molar-refractivity contribution in [2.24, 2.45) is 0 Å². The van der Waals surface area contributed by atoms with Crippen LogP contribution in [0.2, 0.25) is 0 Å². The Morgan fingerprint density at radius 1 is 0.636 bits per heavy atom. The summed E-state index contributed by atoms with van der Waals surface area (Å²) in [5.41, 5.74) is 13.2. The maximum Gasteiger partial charge on any atom is 0.121 e. The third kappa shape index (κ3) is 8.23. The first kappa shape index (κ1) is 44.4. The number of fused-ring (bicyclic) bond motifs is 7. The topological polar surface area (TPSA) is 56.7 Å². The first-order valence-electron chi connectivity index (χ1n) is 22.3. The van der Waals surface area contributed by atoms with Crippen LogP contribution in [0.1, 0.15) is 77.1 Å². The van der Waals surface area contributed by atoms with Gasteiger partial charge in [-0.15, -0.1) is 48.0 Å². The predicted octanol–water partition coefficient (Wildman–Crippen LogP) is 16.0. The SMILES string of the molecule is CC(C)(C)c1cnc(-c2[c-]cc(F)cc2)cn1.CC(C)c1cc(-c2ccccc2)cc(C(C)C)c1-n1c(-c2[c-]ccc3c2oc2cc4c(ccc5ccccc54)cc23)nc2ccccc21.[Ir]. The summed E-state index contributed by atoms with van der Waals surface area (Å²) in [6.07, 6.45) is 3.46. The van der Waals surface area contributed by atoms with E-state index in [0.717, 1.165) is 55.6 Å². The standard InChI is InChI=1S/C45H35N2O.C14H14FN2.Ir/c1-27(2)36-24-32(29-13-6-5-7-14-29)25-37(28(3)4)43(36)47-41-20-11-10-19-40(41)46-45(47)35-18-12-17-34-39-23-31-22-21-30-15-8-9-16-33(30)38(31)26-42(39)48-44(34)35;1-14(2,3)13-9-16-12(8-17-13)10-4-6-11(15)7-5-10;/h5-17,19-28H,1-4H3;4,6-9H,1-3H3;/q2*-1;. The molecule has 0 aliphatic rings. The van der Waals surface area contributed by atoms with Crippen LogP contribution in [0.25, 0.3) is 94.0 Å². The molecule has 3 heterocycles. The summed E-state index contributed by atoms with van der Waals surface area (Å²) < 4.78 is 22.0.